The minimum absolute atomic E-state index is 0.0817. The maximum Gasteiger partial charge on any atom is 0.238 e. The van der Waals surface area contributed by atoms with Crippen LogP contribution in [0.25, 0.3) is 0 Å². The zero-order chi connectivity index (χ0) is 15.0. The minimum Gasteiger partial charge on any atom is -0.377 e. The number of amides is 1. The first-order valence-electron chi connectivity index (χ1n) is 6.61. The second kappa shape index (κ2) is 8.31. The molecule has 0 aliphatic carbocycles. The van der Waals surface area contributed by atoms with Crippen LogP contribution >= 0.6 is 0 Å². The topological polar surface area (TPSA) is 65.4 Å². The number of likely N-dealkylation sites (N-methyl/N-ethyl adjacent to an activating group) is 1. The zero-order valence-electron chi connectivity index (χ0n) is 12.2. The Kier molecular flexibility index (Phi) is 6.71. The van der Waals surface area contributed by atoms with Crippen LogP contribution in [0.15, 0.2) is 24.3 Å². The first-order chi connectivity index (χ1) is 9.51. The number of nitriles is 1. The van der Waals surface area contributed by atoms with Gasteiger partial charge in [0.05, 0.1) is 30.9 Å². The van der Waals surface area contributed by atoms with E-state index in [1.54, 1.807) is 24.3 Å². The summed E-state index contributed by atoms with van der Waals surface area (Å²) in [6.45, 7) is 5.59. The third-order valence-electron chi connectivity index (χ3n) is 2.64. The fourth-order valence-corrected chi connectivity index (χ4v) is 1.60. The number of ether oxygens (including phenoxy) is 1. The lowest BCUT2D eigenvalue weighted by Crippen LogP contribution is -2.32. The smallest absolute Gasteiger partial charge is 0.238 e. The summed E-state index contributed by atoms with van der Waals surface area (Å²) in [5.74, 6) is -0.0817. The Morgan fingerprint density at radius 2 is 2.05 bits per heavy atom. The summed E-state index contributed by atoms with van der Waals surface area (Å²) in [5, 5.41) is 11.5. The molecule has 0 saturated heterocycles. The molecule has 0 saturated carbocycles. The quantitative estimate of drug-likeness (QED) is 0.825. The van der Waals surface area contributed by atoms with E-state index in [-0.39, 0.29) is 12.0 Å². The molecule has 0 aromatic heterocycles. The van der Waals surface area contributed by atoms with Gasteiger partial charge in [0.25, 0.3) is 0 Å². The van der Waals surface area contributed by atoms with Crippen molar-refractivity contribution in [3.8, 4) is 6.07 Å². The van der Waals surface area contributed by atoms with E-state index in [2.05, 4.69) is 5.32 Å². The molecule has 20 heavy (non-hydrogen) atoms. The van der Waals surface area contributed by atoms with Crippen molar-refractivity contribution in [1.82, 2.24) is 4.90 Å². The molecule has 1 aromatic rings. The number of nitrogens with zero attached hydrogens (tertiary/aromatic N) is 2. The molecule has 1 rings (SSSR count). The Bertz CT molecular complexity index is 463. The number of hydrogen-bond donors (Lipinski definition) is 1. The Balaban J connectivity index is 2.33. The first-order valence-corrected chi connectivity index (χ1v) is 6.61. The predicted molar refractivity (Wildman–Crippen MR) is 78.4 cm³/mol. The van der Waals surface area contributed by atoms with Gasteiger partial charge in [0.15, 0.2) is 0 Å². The second-order valence-corrected chi connectivity index (χ2v) is 4.89. The van der Waals surface area contributed by atoms with E-state index in [9.17, 15) is 4.79 Å². The third kappa shape index (κ3) is 6.32. The highest BCUT2D eigenvalue weighted by Crippen LogP contribution is 2.08. The Morgan fingerprint density at radius 1 is 1.40 bits per heavy atom. The molecule has 0 aliphatic heterocycles. The fourth-order valence-electron chi connectivity index (χ4n) is 1.60. The Labute approximate surface area is 120 Å². The van der Waals surface area contributed by atoms with Gasteiger partial charge in [0.1, 0.15) is 0 Å². The van der Waals surface area contributed by atoms with E-state index >= 15 is 0 Å². The maximum atomic E-state index is 11.8. The summed E-state index contributed by atoms with van der Waals surface area (Å²) in [4.78, 5) is 13.7. The van der Waals surface area contributed by atoms with Crippen molar-refractivity contribution in [3.05, 3.63) is 29.8 Å². The molecule has 0 bridgehead atoms. The van der Waals surface area contributed by atoms with Gasteiger partial charge in [-0.2, -0.15) is 5.26 Å². The molecule has 0 heterocycles. The van der Waals surface area contributed by atoms with Crippen molar-refractivity contribution in [2.45, 2.75) is 20.0 Å². The number of nitrogens with one attached hydrogen (secondary N) is 1. The van der Waals surface area contributed by atoms with Gasteiger partial charge < -0.3 is 10.1 Å². The summed E-state index contributed by atoms with van der Waals surface area (Å²) in [6, 6.07) is 8.83. The van der Waals surface area contributed by atoms with Crippen molar-refractivity contribution in [2.75, 3.05) is 32.1 Å². The van der Waals surface area contributed by atoms with Crippen LogP contribution in [0.1, 0.15) is 19.4 Å². The third-order valence-corrected chi connectivity index (χ3v) is 2.64. The number of benzene rings is 1. The monoisotopic (exact) mass is 275 g/mol. The summed E-state index contributed by atoms with van der Waals surface area (Å²) in [5.41, 5.74) is 1.27. The highest BCUT2D eigenvalue weighted by Gasteiger charge is 2.07. The highest BCUT2D eigenvalue weighted by atomic mass is 16.5. The standard InChI is InChI=1S/C15H21N3O2/c1-12(2)20-9-8-18(3)11-15(19)17-14-6-4-13(10-16)5-7-14/h4-7,12H,8-9,11H2,1-3H3,(H,17,19). The molecule has 5 nitrogen and oxygen atoms in total. The molecule has 5 heteroatoms. The fraction of sp³-hybridized carbons (Fsp3) is 0.467. The SMILES string of the molecule is CC(C)OCCN(C)CC(=O)Nc1ccc(C#N)cc1. The molecule has 0 radical (unpaired) electrons. The Morgan fingerprint density at radius 3 is 2.60 bits per heavy atom. The van der Waals surface area contributed by atoms with Gasteiger partial charge in [0.2, 0.25) is 5.91 Å². The lowest BCUT2D eigenvalue weighted by molar-refractivity contribution is -0.117. The number of hydrogen-bond acceptors (Lipinski definition) is 4. The minimum atomic E-state index is -0.0817. The summed E-state index contributed by atoms with van der Waals surface area (Å²) >= 11 is 0. The van der Waals surface area contributed by atoms with E-state index in [0.29, 0.717) is 30.9 Å². The highest BCUT2D eigenvalue weighted by molar-refractivity contribution is 5.92. The van der Waals surface area contributed by atoms with E-state index in [0.717, 1.165) is 0 Å². The van der Waals surface area contributed by atoms with E-state index in [1.807, 2.05) is 31.9 Å². The molecule has 108 valence electrons. The van der Waals surface area contributed by atoms with Crippen molar-refractivity contribution >= 4 is 11.6 Å². The maximum absolute atomic E-state index is 11.8. The van der Waals surface area contributed by atoms with Gasteiger partial charge in [-0.05, 0) is 45.2 Å². The van der Waals surface area contributed by atoms with Crippen LogP contribution in [0.2, 0.25) is 0 Å². The molecule has 0 aliphatic rings. The summed E-state index contributed by atoms with van der Waals surface area (Å²) in [6.07, 6.45) is 0.205. The van der Waals surface area contributed by atoms with Gasteiger partial charge in [-0.1, -0.05) is 0 Å². The van der Waals surface area contributed by atoms with E-state index in [1.165, 1.54) is 0 Å². The van der Waals surface area contributed by atoms with Crippen LogP contribution in [0.5, 0.6) is 0 Å². The van der Waals surface area contributed by atoms with Crippen LogP contribution < -0.4 is 5.32 Å². The van der Waals surface area contributed by atoms with Gasteiger partial charge >= 0.3 is 0 Å². The molecule has 0 atom stereocenters. The first kappa shape index (κ1) is 16.2. The molecule has 1 N–H and O–H groups in total. The van der Waals surface area contributed by atoms with Crippen molar-refractivity contribution < 1.29 is 9.53 Å². The van der Waals surface area contributed by atoms with Crippen LogP contribution in [0.4, 0.5) is 5.69 Å². The normalized spacial score (nSPS) is 10.6. The van der Waals surface area contributed by atoms with E-state index in [4.69, 9.17) is 10.00 Å². The summed E-state index contributed by atoms with van der Waals surface area (Å²) < 4.78 is 5.43. The Hall–Kier alpha value is -1.90. The van der Waals surface area contributed by atoms with E-state index < -0.39 is 0 Å². The second-order valence-electron chi connectivity index (χ2n) is 4.89. The van der Waals surface area contributed by atoms with Crippen LogP contribution in [0.3, 0.4) is 0 Å². The lowest BCUT2D eigenvalue weighted by atomic mass is 10.2. The molecular weight excluding hydrogens is 254 g/mol. The van der Waals surface area contributed by atoms with Gasteiger partial charge in [0, 0.05) is 12.2 Å². The number of carbonyl (C=O) groups is 1. The number of rotatable bonds is 7. The lowest BCUT2D eigenvalue weighted by Gasteiger charge is -2.17. The number of carbonyl (C=O) groups excluding carboxylic acids is 1. The van der Waals surface area contributed by atoms with Crippen LogP contribution in [-0.4, -0.2) is 43.7 Å². The average Bonchev–Trinajstić information content (AvgIpc) is 2.38. The van der Waals surface area contributed by atoms with Gasteiger partial charge in [-0.25, -0.2) is 0 Å². The van der Waals surface area contributed by atoms with Crippen molar-refractivity contribution in [2.24, 2.45) is 0 Å². The molecule has 0 unspecified atom stereocenters. The van der Waals surface area contributed by atoms with Crippen LogP contribution in [-0.2, 0) is 9.53 Å². The summed E-state index contributed by atoms with van der Waals surface area (Å²) in [7, 11) is 1.88. The molecule has 0 fully saturated rings. The van der Waals surface area contributed by atoms with Crippen molar-refractivity contribution in [1.29, 1.82) is 5.26 Å². The predicted octanol–water partition coefficient (Wildman–Crippen LogP) is 1.85. The molecule has 1 aromatic carbocycles. The largest absolute Gasteiger partial charge is 0.377 e. The average molecular weight is 275 g/mol. The molecular formula is C15H21N3O2. The zero-order valence-corrected chi connectivity index (χ0v) is 12.2. The molecule has 0 spiro atoms. The molecule has 1 amide bonds. The van der Waals surface area contributed by atoms with Gasteiger partial charge in [-0.15, -0.1) is 0 Å². The van der Waals surface area contributed by atoms with Gasteiger partial charge in [-0.3, -0.25) is 9.69 Å². The van der Waals surface area contributed by atoms with Crippen molar-refractivity contribution in [3.63, 3.8) is 0 Å². The van der Waals surface area contributed by atoms with Crippen LogP contribution in [0, 0.1) is 11.3 Å². The number of anilines is 1.